The van der Waals surface area contributed by atoms with Crippen LogP contribution >= 0.6 is 0 Å². The van der Waals surface area contributed by atoms with E-state index in [1.54, 1.807) is 7.11 Å². The smallest absolute Gasteiger partial charge is 0.123 e. The van der Waals surface area contributed by atoms with E-state index >= 15 is 0 Å². The van der Waals surface area contributed by atoms with Crippen molar-refractivity contribution < 1.29 is 14.5 Å². The Morgan fingerprint density at radius 1 is 1.11 bits per heavy atom. The summed E-state index contributed by atoms with van der Waals surface area (Å²) in [4.78, 5) is 10.7. The summed E-state index contributed by atoms with van der Waals surface area (Å²) in [6.45, 7) is 8.99. The van der Waals surface area contributed by atoms with Gasteiger partial charge in [0, 0.05) is 0 Å². The fraction of sp³-hybridized carbons (Fsp3) is 0.600. The Balaban J connectivity index is 2.93. The summed E-state index contributed by atoms with van der Waals surface area (Å²) < 4.78 is 5.17. The largest absolute Gasteiger partial charge is 0.497 e. The fourth-order valence-corrected chi connectivity index (χ4v) is 1.74. The topological polar surface area (TPSA) is 27.7 Å². The third kappa shape index (κ3) is 3.72. The van der Waals surface area contributed by atoms with Gasteiger partial charge in [0.2, 0.25) is 0 Å². The Bertz CT molecular complexity index is 343. The summed E-state index contributed by atoms with van der Waals surface area (Å²) in [6, 6.07) is 7.95. The van der Waals surface area contributed by atoms with Gasteiger partial charge in [0.15, 0.2) is 0 Å². The van der Waals surface area contributed by atoms with Crippen molar-refractivity contribution in [2.75, 3.05) is 13.7 Å². The van der Waals surface area contributed by atoms with Crippen LogP contribution in [0.1, 0.15) is 45.8 Å². The Hall–Kier alpha value is -1.06. The minimum atomic E-state index is -0.0756. The molecule has 3 nitrogen and oxygen atoms in total. The van der Waals surface area contributed by atoms with Gasteiger partial charge >= 0.3 is 0 Å². The van der Waals surface area contributed by atoms with Gasteiger partial charge in [-0.1, -0.05) is 32.9 Å². The van der Waals surface area contributed by atoms with E-state index in [1.165, 1.54) is 0 Å². The summed E-state index contributed by atoms with van der Waals surface area (Å²) in [7, 11) is 1.67. The van der Waals surface area contributed by atoms with E-state index in [-0.39, 0.29) is 11.5 Å². The molecule has 0 bridgehead atoms. The lowest BCUT2D eigenvalue weighted by molar-refractivity contribution is -0.343. The second-order valence-corrected chi connectivity index (χ2v) is 5.00. The van der Waals surface area contributed by atoms with Gasteiger partial charge in [-0.25, -0.2) is 9.78 Å². The molecule has 1 atom stereocenters. The molecule has 1 rings (SSSR count). The quantitative estimate of drug-likeness (QED) is 0.539. The lowest BCUT2D eigenvalue weighted by Crippen LogP contribution is -2.24. The van der Waals surface area contributed by atoms with Crippen LogP contribution in [0.5, 0.6) is 5.75 Å². The highest BCUT2D eigenvalue weighted by molar-refractivity contribution is 5.29. The predicted octanol–water partition coefficient (Wildman–Crippen LogP) is 4.14. The summed E-state index contributed by atoms with van der Waals surface area (Å²) in [6.07, 6.45) is 0.935. The van der Waals surface area contributed by atoms with E-state index in [4.69, 9.17) is 14.5 Å². The highest BCUT2D eigenvalue weighted by Gasteiger charge is 2.31. The number of benzene rings is 1. The molecule has 1 unspecified atom stereocenters. The van der Waals surface area contributed by atoms with Crippen molar-refractivity contribution in [2.45, 2.75) is 40.2 Å². The highest BCUT2D eigenvalue weighted by atomic mass is 17.2. The molecule has 3 heteroatoms. The van der Waals surface area contributed by atoms with E-state index in [1.807, 2.05) is 31.2 Å². The average Bonchev–Trinajstić information content (AvgIpc) is 2.39. The van der Waals surface area contributed by atoms with E-state index in [2.05, 4.69) is 20.8 Å². The first-order chi connectivity index (χ1) is 8.55. The SMILES string of the molecule is CCOOC(c1ccc(OC)cc1)C(C)(C)CC. The molecule has 0 fully saturated rings. The molecule has 0 spiro atoms. The Morgan fingerprint density at radius 2 is 1.72 bits per heavy atom. The van der Waals surface area contributed by atoms with Crippen molar-refractivity contribution in [3.05, 3.63) is 29.8 Å². The lowest BCUT2D eigenvalue weighted by Gasteiger charge is -2.32. The van der Waals surface area contributed by atoms with Gasteiger partial charge in [-0.2, -0.15) is 0 Å². The molecule has 0 aliphatic carbocycles. The second-order valence-electron chi connectivity index (χ2n) is 5.00. The summed E-state index contributed by atoms with van der Waals surface area (Å²) >= 11 is 0. The lowest BCUT2D eigenvalue weighted by atomic mass is 9.80. The van der Waals surface area contributed by atoms with Gasteiger partial charge in [0.1, 0.15) is 11.9 Å². The van der Waals surface area contributed by atoms with Crippen LogP contribution in [0.3, 0.4) is 0 Å². The third-order valence-electron chi connectivity index (χ3n) is 3.32. The van der Waals surface area contributed by atoms with Crippen LogP contribution < -0.4 is 4.74 Å². The van der Waals surface area contributed by atoms with Crippen LogP contribution in [0.2, 0.25) is 0 Å². The van der Waals surface area contributed by atoms with Crippen LogP contribution in [-0.2, 0) is 9.78 Å². The highest BCUT2D eigenvalue weighted by Crippen LogP contribution is 2.39. The van der Waals surface area contributed by atoms with Crippen molar-refractivity contribution >= 4 is 0 Å². The number of hydrogen-bond donors (Lipinski definition) is 0. The Labute approximate surface area is 110 Å². The van der Waals surface area contributed by atoms with Gasteiger partial charge in [-0.05, 0) is 36.5 Å². The maximum atomic E-state index is 5.57. The molecule has 0 aromatic heterocycles. The van der Waals surface area contributed by atoms with Crippen LogP contribution in [0.25, 0.3) is 0 Å². The van der Waals surface area contributed by atoms with Gasteiger partial charge in [-0.3, -0.25) is 0 Å². The number of rotatable bonds is 7. The Kier molecular flexibility index (Phi) is 5.63. The first-order valence-corrected chi connectivity index (χ1v) is 6.47. The van der Waals surface area contributed by atoms with Crippen molar-refractivity contribution in [1.29, 1.82) is 0 Å². The average molecular weight is 252 g/mol. The maximum absolute atomic E-state index is 5.57. The molecule has 0 saturated carbocycles. The van der Waals surface area contributed by atoms with Crippen molar-refractivity contribution in [3.8, 4) is 5.75 Å². The normalized spacial score (nSPS) is 13.4. The van der Waals surface area contributed by atoms with Crippen LogP contribution in [0.15, 0.2) is 24.3 Å². The molecular formula is C15H24O3. The molecule has 1 aromatic carbocycles. The summed E-state index contributed by atoms with van der Waals surface area (Å²) in [5, 5.41) is 0. The molecule has 18 heavy (non-hydrogen) atoms. The summed E-state index contributed by atoms with van der Waals surface area (Å²) in [5.74, 6) is 0.850. The zero-order valence-electron chi connectivity index (χ0n) is 12.0. The van der Waals surface area contributed by atoms with E-state index < -0.39 is 0 Å². The van der Waals surface area contributed by atoms with Crippen LogP contribution in [-0.4, -0.2) is 13.7 Å². The van der Waals surface area contributed by atoms with Gasteiger partial charge in [-0.15, -0.1) is 0 Å². The fourth-order valence-electron chi connectivity index (χ4n) is 1.74. The molecule has 0 heterocycles. The first kappa shape index (κ1) is 15.0. The third-order valence-corrected chi connectivity index (χ3v) is 3.32. The molecule has 1 aromatic rings. The van der Waals surface area contributed by atoms with Gasteiger partial charge in [0.25, 0.3) is 0 Å². The van der Waals surface area contributed by atoms with Crippen molar-refractivity contribution in [3.63, 3.8) is 0 Å². The van der Waals surface area contributed by atoms with Gasteiger partial charge < -0.3 is 4.74 Å². The minimum Gasteiger partial charge on any atom is -0.497 e. The van der Waals surface area contributed by atoms with E-state index in [0.717, 1.165) is 17.7 Å². The molecule has 0 radical (unpaired) electrons. The number of ether oxygens (including phenoxy) is 1. The second kappa shape index (κ2) is 6.76. The van der Waals surface area contributed by atoms with E-state index in [9.17, 15) is 0 Å². The summed E-state index contributed by atoms with van der Waals surface area (Å²) in [5.41, 5.74) is 1.13. The van der Waals surface area contributed by atoms with Crippen LogP contribution in [0.4, 0.5) is 0 Å². The predicted molar refractivity (Wildman–Crippen MR) is 72.5 cm³/mol. The monoisotopic (exact) mass is 252 g/mol. The molecule has 0 amide bonds. The first-order valence-electron chi connectivity index (χ1n) is 6.47. The zero-order valence-corrected chi connectivity index (χ0v) is 12.0. The molecule has 0 N–H and O–H groups in total. The van der Waals surface area contributed by atoms with E-state index in [0.29, 0.717) is 6.61 Å². The molecule has 102 valence electrons. The molecule has 0 aliphatic rings. The number of hydrogen-bond acceptors (Lipinski definition) is 3. The van der Waals surface area contributed by atoms with Crippen molar-refractivity contribution in [1.82, 2.24) is 0 Å². The number of methoxy groups -OCH3 is 1. The van der Waals surface area contributed by atoms with Gasteiger partial charge in [0.05, 0.1) is 13.7 Å². The standard InChI is InChI=1S/C15H24O3/c1-6-15(3,4)14(18-17-7-2)12-8-10-13(16-5)11-9-12/h8-11,14H,6-7H2,1-5H3. The van der Waals surface area contributed by atoms with Crippen LogP contribution in [0, 0.1) is 5.41 Å². The Morgan fingerprint density at radius 3 is 2.17 bits per heavy atom. The minimum absolute atomic E-state index is 0.0176. The molecular weight excluding hydrogens is 228 g/mol. The van der Waals surface area contributed by atoms with Crippen molar-refractivity contribution in [2.24, 2.45) is 5.41 Å². The maximum Gasteiger partial charge on any atom is 0.123 e. The molecule has 0 aliphatic heterocycles. The zero-order chi connectivity index (χ0) is 13.6. The molecule has 0 saturated heterocycles.